The molecule has 10 nitrogen and oxygen atoms in total. The number of amides is 2. The fraction of sp³-hybridized carbons (Fsp3) is 0.846. The molecule has 2 amide bonds. The summed E-state index contributed by atoms with van der Waals surface area (Å²) >= 11 is 0. The van der Waals surface area contributed by atoms with Crippen molar-refractivity contribution in [1.82, 2.24) is 9.80 Å². The first-order valence-electron chi connectivity index (χ1n) is 19.1. The molecule has 49 heavy (non-hydrogen) atoms. The van der Waals surface area contributed by atoms with E-state index in [9.17, 15) is 19.5 Å². The largest absolute Gasteiger partial charge is 0.461 e. The number of aliphatic hydroxyl groups is 1. The average molecular weight is 682 g/mol. The highest BCUT2D eigenvalue weighted by Gasteiger charge is 2.85. The van der Waals surface area contributed by atoms with Gasteiger partial charge >= 0.3 is 12.2 Å². The number of rotatable bonds is 6. The number of hydrogen-bond acceptors (Lipinski definition) is 8. The summed E-state index contributed by atoms with van der Waals surface area (Å²) in [5.41, 5.74) is -0.434. The molecule has 8 fully saturated rings. The van der Waals surface area contributed by atoms with Crippen LogP contribution < -0.4 is 0 Å². The number of fused-ring (bicyclic) bond motifs is 4. The minimum Gasteiger partial charge on any atom is -0.461 e. The van der Waals surface area contributed by atoms with Crippen LogP contribution in [0.3, 0.4) is 0 Å². The molecule has 271 valence electrons. The molecule has 0 aromatic carbocycles. The number of ether oxygens (including phenoxy) is 4. The zero-order chi connectivity index (χ0) is 34.9. The van der Waals surface area contributed by atoms with Crippen LogP contribution in [0.1, 0.15) is 106 Å². The van der Waals surface area contributed by atoms with Gasteiger partial charge in [-0.05, 0) is 97.7 Å². The lowest BCUT2D eigenvalue weighted by atomic mass is 9.41. The number of aliphatic hydroxyl groups excluding tert-OH is 1. The minimum atomic E-state index is -0.714. The highest BCUT2D eigenvalue weighted by atomic mass is 16.6. The molecule has 8 aliphatic rings. The first kappa shape index (κ1) is 34.0. The van der Waals surface area contributed by atoms with Gasteiger partial charge in [-0.1, -0.05) is 48.5 Å². The summed E-state index contributed by atoms with van der Waals surface area (Å²) in [6, 6.07) is 0. The van der Waals surface area contributed by atoms with E-state index in [1.165, 1.54) is 0 Å². The summed E-state index contributed by atoms with van der Waals surface area (Å²) in [5, 5.41) is 12.6. The molecule has 5 saturated carbocycles. The monoisotopic (exact) mass is 681 g/mol. The second kappa shape index (κ2) is 11.2. The lowest BCUT2D eigenvalue weighted by Gasteiger charge is -2.63. The first-order chi connectivity index (χ1) is 23.1. The molecular weight excluding hydrogens is 624 g/mol. The van der Waals surface area contributed by atoms with Crippen molar-refractivity contribution in [2.75, 3.05) is 26.2 Å². The summed E-state index contributed by atoms with van der Waals surface area (Å²) in [5.74, 6) is 2.46. The standard InChI is InChI=1S/C39H57N2O8/c1-22(2)30(49-33(44)40-15-8-16-40)25-17-23(3)29-31(47-25)32(43)37(7)27-10-9-26-35(4,5)28(48-34(45)41-18-24(19-41)46-21-42)11-12-38(26)20-39(27,38)14-13-36(29,37)6/h21-24,26,28-30,32,43H,8-20H2,1-7H3/t23-,26+,28?,29+,30-,32+,36-,37-,38-,39+/m1/s1. The Labute approximate surface area is 292 Å². The lowest BCUT2D eigenvalue weighted by molar-refractivity contribution is -0.145. The molecule has 3 radical (unpaired) electrons. The molecule has 1 unspecified atom stereocenters. The van der Waals surface area contributed by atoms with Crippen molar-refractivity contribution < 1.29 is 38.4 Å². The highest BCUT2D eigenvalue weighted by molar-refractivity contribution is 5.69. The molecule has 1 N–H and O–H groups in total. The van der Waals surface area contributed by atoms with Crippen molar-refractivity contribution in [3.63, 3.8) is 0 Å². The smallest absolute Gasteiger partial charge is 0.410 e. The Morgan fingerprint density at radius 1 is 1.02 bits per heavy atom. The normalized spacial score (nSPS) is 45.0. The van der Waals surface area contributed by atoms with E-state index in [2.05, 4.69) is 48.5 Å². The van der Waals surface area contributed by atoms with E-state index >= 15 is 0 Å². The van der Waals surface area contributed by atoms with Crippen molar-refractivity contribution in [1.29, 1.82) is 0 Å². The molecule has 10 atom stereocenters. The highest BCUT2D eigenvalue weighted by Crippen LogP contribution is 2.90. The Bertz CT molecular complexity index is 1360. The van der Waals surface area contributed by atoms with Gasteiger partial charge in [0.25, 0.3) is 6.47 Å². The van der Waals surface area contributed by atoms with E-state index in [-0.39, 0.29) is 63.8 Å². The number of likely N-dealkylation sites (tertiary alicyclic amines) is 2. The molecule has 0 bridgehead atoms. The maximum Gasteiger partial charge on any atom is 0.410 e. The maximum absolute atomic E-state index is 13.1. The zero-order valence-corrected chi connectivity index (χ0v) is 30.6. The molecule has 3 saturated heterocycles. The van der Waals surface area contributed by atoms with Crippen LogP contribution in [0.2, 0.25) is 0 Å². The summed E-state index contributed by atoms with van der Waals surface area (Å²) in [6.07, 6.45) is 8.44. The van der Waals surface area contributed by atoms with Crippen LogP contribution in [-0.2, 0) is 23.7 Å². The summed E-state index contributed by atoms with van der Waals surface area (Å²) < 4.78 is 24.1. The third-order valence-corrected chi connectivity index (χ3v) is 15.9. The van der Waals surface area contributed by atoms with E-state index in [4.69, 9.17) is 18.9 Å². The zero-order valence-electron chi connectivity index (χ0n) is 30.6. The van der Waals surface area contributed by atoms with Crippen LogP contribution >= 0.6 is 0 Å². The van der Waals surface area contributed by atoms with Gasteiger partial charge in [-0.15, -0.1) is 0 Å². The van der Waals surface area contributed by atoms with Gasteiger partial charge in [-0.3, -0.25) is 4.79 Å². The van der Waals surface area contributed by atoms with Gasteiger partial charge < -0.3 is 33.9 Å². The Kier molecular flexibility index (Phi) is 7.79. The van der Waals surface area contributed by atoms with Crippen molar-refractivity contribution in [2.45, 2.75) is 131 Å². The molecule has 0 aromatic rings. The van der Waals surface area contributed by atoms with Gasteiger partial charge in [-0.2, -0.15) is 0 Å². The molecule has 8 rings (SSSR count). The molecule has 2 spiro atoms. The predicted octanol–water partition coefficient (Wildman–Crippen LogP) is 6.31. The van der Waals surface area contributed by atoms with E-state index in [0.29, 0.717) is 25.5 Å². The maximum atomic E-state index is 13.1. The van der Waals surface area contributed by atoms with E-state index in [0.717, 1.165) is 83.1 Å². The van der Waals surface area contributed by atoms with E-state index in [1.807, 2.05) is 0 Å². The molecule has 3 aliphatic heterocycles. The minimum absolute atomic E-state index is 0.0628. The topological polar surface area (TPSA) is 115 Å². The molecule has 3 heterocycles. The fourth-order valence-corrected chi connectivity index (χ4v) is 13.0. The Balaban J connectivity index is 1.01. The van der Waals surface area contributed by atoms with Gasteiger partial charge in [-0.25, -0.2) is 9.59 Å². The number of hydrogen-bond donors (Lipinski definition) is 1. The second-order valence-corrected chi connectivity index (χ2v) is 18.5. The predicted molar refractivity (Wildman–Crippen MR) is 179 cm³/mol. The molecule has 0 aromatic heterocycles. The molecule has 5 aliphatic carbocycles. The summed E-state index contributed by atoms with van der Waals surface area (Å²) in [7, 11) is 0. The van der Waals surface area contributed by atoms with Crippen LogP contribution in [0.15, 0.2) is 0 Å². The van der Waals surface area contributed by atoms with Crippen molar-refractivity contribution in [3.05, 3.63) is 18.1 Å². The Morgan fingerprint density at radius 3 is 2.41 bits per heavy atom. The van der Waals surface area contributed by atoms with Crippen molar-refractivity contribution in [3.8, 4) is 0 Å². The van der Waals surface area contributed by atoms with Crippen molar-refractivity contribution >= 4 is 18.7 Å². The van der Waals surface area contributed by atoms with Gasteiger partial charge in [0.2, 0.25) is 0 Å². The SMILES string of the molecule is CC(C)[C@@H](OC(=O)N1CCC1)[C]1C[C@@H](C)[C@H]2[C](O1)[C@H](O)[C@@]1(C)[C]3CC[C@H]4C(C)(C)C(OC(=O)N5CC(OC=O)C5)CC[C@@]45C[C@@]35CC[C@]21C. The van der Waals surface area contributed by atoms with Crippen LogP contribution in [-0.4, -0.2) is 84.2 Å². The Hall–Kier alpha value is -2.07. The van der Waals surface area contributed by atoms with Gasteiger partial charge in [0.05, 0.1) is 19.2 Å². The van der Waals surface area contributed by atoms with Gasteiger partial charge in [0.1, 0.15) is 30.5 Å². The van der Waals surface area contributed by atoms with E-state index in [1.54, 1.807) is 15.7 Å². The second-order valence-electron chi connectivity index (χ2n) is 18.5. The Morgan fingerprint density at radius 2 is 1.76 bits per heavy atom. The third-order valence-electron chi connectivity index (χ3n) is 15.9. The number of carbonyl (C=O) groups excluding carboxylic acids is 3. The molecular formula is C39H57N2O8. The average Bonchev–Trinajstić information content (AvgIpc) is 3.62. The van der Waals surface area contributed by atoms with E-state index < -0.39 is 17.6 Å². The van der Waals surface area contributed by atoms with Gasteiger partial charge in [0.15, 0.2) is 0 Å². The number of carbonyl (C=O) groups is 3. The number of nitrogens with zero attached hydrogens (tertiary/aromatic N) is 2. The van der Waals surface area contributed by atoms with Crippen LogP contribution in [0.25, 0.3) is 0 Å². The fourth-order valence-electron chi connectivity index (χ4n) is 13.0. The first-order valence-corrected chi connectivity index (χ1v) is 19.1. The van der Waals surface area contributed by atoms with Gasteiger partial charge in [0, 0.05) is 29.8 Å². The molecule has 10 heteroatoms. The van der Waals surface area contributed by atoms with Crippen LogP contribution in [0.4, 0.5) is 9.59 Å². The quantitative estimate of drug-likeness (QED) is 0.256. The summed E-state index contributed by atoms with van der Waals surface area (Å²) in [6.45, 7) is 18.5. The van der Waals surface area contributed by atoms with Crippen LogP contribution in [0, 0.1) is 68.9 Å². The third kappa shape index (κ3) is 4.46. The van der Waals surface area contributed by atoms with Crippen molar-refractivity contribution in [2.24, 2.45) is 50.7 Å². The van der Waals surface area contributed by atoms with Crippen LogP contribution in [0.5, 0.6) is 0 Å². The summed E-state index contributed by atoms with van der Waals surface area (Å²) in [4.78, 5) is 40.1. The lowest BCUT2D eigenvalue weighted by Crippen LogP contribution is -2.60.